The van der Waals surface area contributed by atoms with Crippen LogP contribution in [0.2, 0.25) is 0 Å². The number of ether oxygens (including phenoxy) is 1. The van der Waals surface area contributed by atoms with Crippen molar-refractivity contribution in [3.63, 3.8) is 0 Å². The number of rotatable bonds is 2. The molecule has 0 N–H and O–H groups in total. The highest BCUT2D eigenvalue weighted by molar-refractivity contribution is 5.92. The van der Waals surface area contributed by atoms with Gasteiger partial charge in [-0.05, 0) is 61.6 Å². The molecule has 2 saturated carbocycles. The van der Waals surface area contributed by atoms with E-state index in [0.29, 0.717) is 23.3 Å². The summed E-state index contributed by atoms with van der Waals surface area (Å²) in [5, 5.41) is 0. The highest BCUT2D eigenvalue weighted by atomic mass is 16.5. The first-order valence-corrected chi connectivity index (χ1v) is 9.49. The van der Waals surface area contributed by atoms with Crippen molar-refractivity contribution < 1.29 is 14.3 Å². The van der Waals surface area contributed by atoms with Gasteiger partial charge in [0.25, 0.3) is 0 Å². The third kappa shape index (κ3) is 2.65. The molecule has 3 aliphatic rings. The van der Waals surface area contributed by atoms with Crippen molar-refractivity contribution in [1.82, 2.24) is 0 Å². The molecule has 4 rings (SSSR count). The van der Waals surface area contributed by atoms with E-state index < -0.39 is 0 Å². The zero-order chi connectivity index (χ0) is 17.6. The van der Waals surface area contributed by atoms with E-state index in [1.807, 2.05) is 30.3 Å². The minimum absolute atomic E-state index is 0.0208. The van der Waals surface area contributed by atoms with Crippen molar-refractivity contribution in [2.24, 2.45) is 29.1 Å². The number of benzene rings is 1. The Morgan fingerprint density at radius 3 is 2.68 bits per heavy atom. The zero-order valence-electron chi connectivity index (χ0n) is 15.0. The monoisotopic (exact) mass is 338 g/mol. The van der Waals surface area contributed by atoms with Crippen molar-refractivity contribution in [3.8, 4) is 0 Å². The average Bonchev–Trinajstić information content (AvgIpc) is 2.95. The molecule has 3 aliphatic carbocycles. The predicted octanol–water partition coefficient (Wildman–Crippen LogP) is 4.43. The van der Waals surface area contributed by atoms with Crippen LogP contribution < -0.4 is 0 Å². The SMILES string of the molecule is C[C@@H]1C(=O)C=C[C@@H]2[C@@H]1CC[C@@]1(C)[C@@H]2CC[C@H]1OC(=O)c1ccccc1. The molecule has 0 radical (unpaired) electrons. The number of ketones is 1. The Kier molecular flexibility index (Phi) is 4.05. The maximum Gasteiger partial charge on any atom is 0.338 e. The number of hydrogen-bond acceptors (Lipinski definition) is 3. The lowest BCUT2D eigenvalue weighted by atomic mass is 9.56. The fraction of sp³-hybridized carbons (Fsp3) is 0.545. The number of esters is 1. The van der Waals surface area contributed by atoms with Crippen molar-refractivity contribution in [1.29, 1.82) is 0 Å². The second-order valence-electron chi connectivity index (χ2n) is 8.28. The maximum atomic E-state index is 12.5. The second-order valence-corrected chi connectivity index (χ2v) is 8.28. The third-order valence-corrected chi connectivity index (χ3v) is 7.13. The molecule has 3 nitrogen and oxygen atoms in total. The molecule has 0 unspecified atom stereocenters. The van der Waals surface area contributed by atoms with Crippen LogP contribution in [0.1, 0.15) is 49.9 Å². The molecule has 132 valence electrons. The Morgan fingerprint density at radius 1 is 1.16 bits per heavy atom. The molecular weight excluding hydrogens is 312 g/mol. The van der Waals surface area contributed by atoms with Gasteiger partial charge in [-0.1, -0.05) is 38.1 Å². The van der Waals surface area contributed by atoms with E-state index >= 15 is 0 Å². The van der Waals surface area contributed by atoms with Crippen LogP contribution in [-0.2, 0) is 9.53 Å². The van der Waals surface area contributed by atoms with Gasteiger partial charge in [0.1, 0.15) is 6.10 Å². The van der Waals surface area contributed by atoms with Gasteiger partial charge in [0, 0.05) is 11.3 Å². The van der Waals surface area contributed by atoms with Crippen molar-refractivity contribution in [2.45, 2.75) is 45.6 Å². The lowest BCUT2D eigenvalue weighted by Crippen LogP contribution is -2.47. The minimum Gasteiger partial charge on any atom is -0.458 e. The van der Waals surface area contributed by atoms with Crippen LogP contribution in [0.3, 0.4) is 0 Å². The van der Waals surface area contributed by atoms with E-state index in [4.69, 9.17) is 4.74 Å². The summed E-state index contributed by atoms with van der Waals surface area (Å²) in [6.45, 7) is 4.37. The summed E-state index contributed by atoms with van der Waals surface area (Å²) in [6.07, 6.45) is 8.02. The Labute approximate surface area is 149 Å². The highest BCUT2D eigenvalue weighted by Gasteiger charge is 2.56. The molecule has 0 saturated heterocycles. The molecule has 0 aromatic heterocycles. The Bertz CT molecular complexity index is 707. The van der Waals surface area contributed by atoms with Crippen molar-refractivity contribution in [3.05, 3.63) is 48.0 Å². The first-order valence-electron chi connectivity index (χ1n) is 9.49. The van der Waals surface area contributed by atoms with Gasteiger partial charge in [-0.15, -0.1) is 0 Å². The van der Waals surface area contributed by atoms with Crippen LogP contribution in [-0.4, -0.2) is 17.9 Å². The van der Waals surface area contributed by atoms with Gasteiger partial charge in [-0.3, -0.25) is 4.79 Å². The van der Waals surface area contributed by atoms with Gasteiger partial charge in [0.15, 0.2) is 5.78 Å². The maximum absolute atomic E-state index is 12.5. The minimum atomic E-state index is -0.211. The number of hydrogen-bond donors (Lipinski definition) is 0. The molecule has 0 amide bonds. The Morgan fingerprint density at radius 2 is 1.92 bits per heavy atom. The van der Waals surface area contributed by atoms with Gasteiger partial charge >= 0.3 is 5.97 Å². The predicted molar refractivity (Wildman–Crippen MR) is 96.0 cm³/mol. The lowest BCUT2D eigenvalue weighted by molar-refractivity contribution is -0.123. The first-order chi connectivity index (χ1) is 12.0. The number of carbonyl (C=O) groups is 2. The molecule has 2 fully saturated rings. The summed E-state index contributed by atoms with van der Waals surface area (Å²) in [7, 11) is 0. The molecule has 0 aliphatic heterocycles. The normalized spacial score (nSPS) is 39.6. The smallest absolute Gasteiger partial charge is 0.338 e. The van der Waals surface area contributed by atoms with Crippen molar-refractivity contribution in [2.75, 3.05) is 0 Å². The van der Waals surface area contributed by atoms with Crippen LogP contribution in [0.5, 0.6) is 0 Å². The number of carbonyl (C=O) groups excluding carboxylic acids is 2. The summed E-state index contributed by atoms with van der Waals surface area (Å²) in [5.74, 6) is 1.61. The van der Waals surface area contributed by atoms with Crippen molar-refractivity contribution >= 4 is 11.8 Å². The first kappa shape index (κ1) is 16.6. The summed E-state index contributed by atoms with van der Waals surface area (Å²) in [4.78, 5) is 24.5. The largest absolute Gasteiger partial charge is 0.458 e. The molecule has 6 atom stereocenters. The summed E-state index contributed by atoms with van der Waals surface area (Å²) in [5.41, 5.74) is 0.649. The summed E-state index contributed by atoms with van der Waals surface area (Å²) >= 11 is 0. The summed E-state index contributed by atoms with van der Waals surface area (Å²) < 4.78 is 5.97. The van der Waals surface area contributed by atoms with Gasteiger partial charge in [0.05, 0.1) is 5.56 Å². The quantitative estimate of drug-likeness (QED) is 0.749. The van der Waals surface area contributed by atoms with E-state index in [2.05, 4.69) is 19.9 Å². The number of fused-ring (bicyclic) bond motifs is 3. The Balaban J connectivity index is 1.54. The van der Waals surface area contributed by atoms with Gasteiger partial charge in [0.2, 0.25) is 0 Å². The van der Waals surface area contributed by atoms with Gasteiger partial charge in [-0.2, -0.15) is 0 Å². The van der Waals surface area contributed by atoms with Crippen LogP contribution in [0, 0.1) is 29.1 Å². The van der Waals surface area contributed by atoms with Crippen LogP contribution >= 0.6 is 0 Å². The van der Waals surface area contributed by atoms with Crippen LogP contribution in [0.4, 0.5) is 0 Å². The molecule has 1 aromatic rings. The molecule has 0 heterocycles. The van der Waals surface area contributed by atoms with Gasteiger partial charge in [-0.25, -0.2) is 4.79 Å². The van der Waals surface area contributed by atoms with Crippen LogP contribution in [0.25, 0.3) is 0 Å². The molecular formula is C22H26O3. The van der Waals surface area contributed by atoms with Gasteiger partial charge < -0.3 is 4.74 Å². The average molecular weight is 338 g/mol. The van der Waals surface area contributed by atoms with E-state index in [0.717, 1.165) is 25.7 Å². The molecule has 3 heteroatoms. The standard InChI is InChI=1S/C22H26O3/c1-14-16-12-13-22(2)18(17(16)8-10-19(14)23)9-11-20(22)25-21(24)15-6-4-3-5-7-15/h3-8,10,14,16-18,20H,9,11-13H2,1-2H3/t14-,16+,17+,18+,20+,22-/m0/s1. The number of allylic oxidation sites excluding steroid dienone is 2. The van der Waals surface area contributed by atoms with E-state index in [1.165, 1.54) is 0 Å². The van der Waals surface area contributed by atoms with E-state index in [-0.39, 0.29) is 29.2 Å². The topological polar surface area (TPSA) is 43.4 Å². The van der Waals surface area contributed by atoms with E-state index in [9.17, 15) is 9.59 Å². The lowest BCUT2D eigenvalue weighted by Gasteiger charge is -2.49. The fourth-order valence-electron chi connectivity index (χ4n) is 5.57. The zero-order valence-corrected chi connectivity index (χ0v) is 15.0. The molecule has 0 bridgehead atoms. The molecule has 0 spiro atoms. The van der Waals surface area contributed by atoms with E-state index in [1.54, 1.807) is 6.08 Å². The summed E-state index contributed by atoms with van der Waals surface area (Å²) in [6, 6.07) is 9.26. The van der Waals surface area contributed by atoms with Crippen LogP contribution in [0.15, 0.2) is 42.5 Å². The highest BCUT2D eigenvalue weighted by Crippen LogP contribution is 2.59. The molecule has 25 heavy (non-hydrogen) atoms. The third-order valence-electron chi connectivity index (χ3n) is 7.13. The fourth-order valence-corrected chi connectivity index (χ4v) is 5.57. The second kappa shape index (κ2) is 6.12. The Hall–Kier alpha value is -1.90. The molecule has 1 aromatic carbocycles.